The van der Waals surface area contributed by atoms with Crippen LogP contribution in [0, 0.1) is 0 Å². The first-order valence-corrected chi connectivity index (χ1v) is 7.78. The number of ether oxygens (including phenoxy) is 1. The van der Waals surface area contributed by atoms with Gasteiger partial charge in [0.05, 0.1) is 25.0 Å². The Balaban J connectivity index is 1.65. The Morgan fingerprint density at radius 2 is 2.09 bits per heavy atom. The van der Waals surface area contributed by atoms with Gasteiger partial charge in [0.25, 0.3) is 0 Å². The van der Waals surface area contributed by atoms with Gasteiger partial charge in [-0.25, -0.2) is 0 Å². The molecule has 1 amide bonds. The molecular weight excluding hydrogens is 282 g/mol. The fourth-order valence-electron chi connectivity index (χ4n) is 3.44. The van der Waals surface area contributed by atoms with E-state index in [2.05, 4.69) is 17.4 Å². The number of carboxylic acid groups (broad SMARTS) is 1. The first kappa shape index (κ1) is 15.0. The number of hydrogen-bond donors (Lipinski definition) is 2. The van der Waals surface area contributed by atoms with Gasteiger partial charge in [-0.2, -0.15) is 0 Å². The number of aliphatic carboxylic acids is 1. The minimum atomic E-state index is -0.914. The average Bonchev–Trinajstić information content (AvgIpc) is 3.06. The van der Waals surface area contributed by atoms with Gasteiger partial charge >= 0.3 is 5.97 Å². The van der Waals surface area contributed by atoms with Crippen molar-refractivity contribution in [1.29, 1.82) is 0 Å². The Morgan fingerprint density at radius 3 is 2.82 bits per heavy atom. The number of carbonyl (C=O) groups excluding carboxylic acids is 1. The fraction of sp³-hybridized carbons (Fsp3) is 0.529. The summed E-state index contributed by atoms with van der Waals surface area (Å²) in [5.74, 6) is -1.05. The van der Waals surface area contributed by atoms with Crippen molar-refractivity contribution in [3.8, 4) is 0 Å². The summed E-state index contributed by atoms with van der Waals surface area (Å²) in [5.41, 5.74) is 2.97. The van der Waals surface area contributed by atoms with E-state index in [1.165, 1.54) is 17.5 Å². The number of amides is 1. The lowest BCUT2D eigenvalue weighted by Crippen LogP contribution is -2.51. The van der Waals surface area contributed by atoms with E-state index in [0.717, 1.165) is 18.4 Å². The van der Waals surface area contributed by atoms with E-state index in [1.807, 2.05) is 6.07 Å². The molecule has 2 aliphatic rings. The number of nitrogens with one attached hydrogen (secondary N) is 1. The van der Waals surface area contributed by atoms with Crippen LogP contribution in [0.25, 0.3) is 0 Å². The number of rotatable bonds is 5. The van der Waals surface area contributed by atoms with Crippen molar-refractivity contribution in [2.75, 3.05) is 13.2 Å². The zero-order valence-electron chi connectivity index (χ0n) is 12.6. The van der Waals surface area contributed by atoms with Gasteiger partial charge in [-0.1, -0.05) is 18.2 Å². The average molecular weight is 303 g/mol. The van der Waals surface area contributed by atoms with Crippen molar-refractivity contribution in [3.63, 3.8) is 0 Å². The maximum Gasteiger partial charge on any atom is 0.305 e. The predicted octanol–water partition coefficient (Wildman–Crippen LogP) is 1.47. The largest absolute Gasteiger partial charge is 0.481 e. The molecule has 118 valence electrons. The maximum absolute atomic E-state index is 12.3. The number of carboxylic acids is 1. The lowest BCUT2D eigenvalue weighted by Gasteiger charge is -2.27. The topological polar surface area (TPSA) is 75.6 Å². The summed E-state index contributed by atoms with van der Waals surface area (Å²) >= 11 is 0. The van der Waals surface area contributed by atoms with Gasteiger partial charge in [0.2, 0.25) is 5.91 Å². The van der Waals surface area contributed by atoms with Crippen LogP contribution in [0.2, 0.25) is 0 Å². The third kappa shape index (κ3) is 3.30. The number of benzene rings is 1. The second-order valence-corrected chi connectivity index (χ2v) is 6.34. The van der Waals surface area contributed by atoms with Crippen molar-refractivity contribution in [2.45, 2.75) is 44.1 Å². The Morgan fingerprint density at radius 1 is 1.27 bits per heavy atom. The summed E-state index contributed by atoms with van der Waals surface area (Å²) in [6.45, 7) is 0.766. The second-order valence-electron chi connectivity index (χ2n) is 6.34. The molecular formula is C17H21NO4. The number of fused-ring (bicyclic) bond motifs is 1. The normalized spacial score (nSPS) is 23.3. The molecule has 1 atom stereocenters. The molecule has 2 N–H and O–H groups in total. The van der Waals surface area contributed by atoms with Crippen molar-refractivity contribution in [1.82, 2.24) is 5.32 Å². The summed E-state index contributed by atoms with van der Waals surface area (Å²) in [6, 6.07) is 6.21. The van der Waals surface area contributed by atoms with Crippen molar-refractivity contribution in [3.05, 3.63) is 34.9 Å². The molecule has 5 heteroatoms. The van der Waals surface area contributed by atoms with Gasteiger partial charge in [0.15, 0.2) is 0 Å². The van der Waals surface area contributed by atoms with E-state index in [9.17, 15) is 9.59 Å². The number of aryl methyl sites for hydroxylation is 2. The molecule has 22 heavy (non-hydrogen) atoms. The molecule has 0 aromatic heterocycles. The minimum absolute atomic E-state index is 0.0943. The molecule has 1 aromatic rings. The molecule has 1 fully saturated rings. The summed E-state index contributed by atoms with van der Waals surface area (Å²) < 4.78 is 5.29. The standard InChI is InChI=1S/C17H21NO4/c19-15(18-17(10-16(20)21)6-7-22-11-17)9-12-4-5-13-2-1-3-14(13)8-12/h4-5,8H,1-3,6-7,9-11H2,(H,18,19)(H,20,21). The Hall–Kier alpha value is -1.88. The molecule has 1 unspecified atom stereocenters. The predicted molar refractivity (Wildman–Crippen MR) is 80.7 cm³/mol. The fourth-order valence-corrected chi connectivity index (χ4v) is 3.44. The van der Waals surface area contributed by atoms with Crippen molar-refractivity contribution >= 4 is 11.9 Å². The highest BCUT2D eigenvalue weighted by atomic mass is 16.5. The maximum atomic E-state index is 12.3. The lowest BCUT2D eigenvalue weighted by molar-refractivity contribution is -0.139. The van der Waals surface area contributed by atoms with Crippen LogP contribution in [0.15, 0.2) is 18.2 Å². The summed E-state index contributed by atoms with van der Waals surface area (Å²) in [7, 11) is 0. The van der Waals surface area contributed by atoms with E-state index in [0.29, 0.717) is 13.0 Å². The van der Waals surface area contributed by atoms with E-state index in [-0.39, 0.29) is 25.4 Å². The lowest BCUT2D eigenvalue weighted by atomic mass is 9.93. The highest BCUT2D eigenvalue weighted by molar-refractivity contribution is 5.80. The molecule has 1 saturated heterocycles. The zero-order chi connectivity index (χ0) is 15.6. The highest BCUT2D eigenvalue weighted by Crippen LogP contribution is 2.25. The molecule has 0 bridgehead atoms. The first-order chi connectivity index (χ1) is 10.6. The third-order valence-electron chi connectivity index (χ3n) is 4.53. The quantitative estimate of drug-likeness (QED) is 0.863. The molecule has 0 saturated carbocycles. The zero-order valence-corrected chi connectivity index (χ0v) is 12.6. The van der Waals surface area contributed by atoms with E-state index >= 15 is 0 Å². The molecule has 1 heterocycles. The van der Waals surface area contributed by atoms with Crippen LogP contribution in [-0.2, 0) is 33.6 Å². The van der Waals surface area contributed by atoms with Gasteiger partial charge in [-0.3, -0.25) is 9.59 Å². The van der Waals surface area contributed by atoms with Crippen LogP contribution in [0.4, 0.5) is 0 Å². The Labute approximate surface area is 129 Å². The van der Waals surface area contributed by atoms with E-state index in [4.69, 9.17) is 9.84 Å². The van der Waals surface area contributed by atoms with Crippen LogP contribution < -0.4 is 5.32 Å². The smallest absolute Gasteiger partial charge is 0.305 e. The molecule has 1 aliphatic carbocycles. The third-order valence-corrected chi connectivity index (χ3v) is 4.53. The van der Waals surface area contributed by atoms with Crippen molar-refractivity contribution in [2.24, 2.45) is 0 Å². The molecule has 1 aliphatic heterocycles. The van der Waals surface area contributed by atoms with Gasteiger partial charge in [-0.05, 0) is 42.4 Å². The van der Waals surface area contributed by atoms with Crippen LogP contribution >= 0.6 is 0 Å². The molecule has 5 nitrogen and oxygen atoms in total. The Kier molecular flexibility index (Phi) is 4.16. The summed E-state index contributed by atoms with van der Waals surface area (Å²) in [4.78, 5) is 23.3. The molecule has 0 spiro atoms. The minimum Gasteiger partial charge on any atom is -0.481 e. The van der Waals surface area contributed by atoms with Crippen LogP contribution in [-0.4, -0.2) is 35.7 Å². The van der Waals surface area contributed by atoms with Crippen LogP contribution in [0.5, 0.6) is 0 Å². The monoisotopic (exact) mass is 303 g/mol. The van der Waals surface area contributed by atoms with Crippen LogP contribution in [0.1, 0.15) is 36.0 Å². The highest BCUT2D eigenvalue weighted by Gasteiger charge is 2.38. The van der Waals surface area contributed by atoms with Gasteiger partial charge < -0.3 is 15.2 Å². The van der Waals surface area contributed by atoms with Crippen molar-refractivity contribution < 1.29 is 19.4 Å². The van der Waals surface area contributed by atoms with Crippen LogP contribution in [0.3, 0.4) is 0 Å². The van der Waals surface area contributed by atoms with E-state index in [1.54, 1.807) is 0 Å². The summed E-state index contributed by atoms with van der Waals surface area (Å²) in [6.07, 6.45) is 4.14. The number of hydrogen-bond acceptors (Lipinski definition) is 3. The Bertz CT molecular complexity index is 590. The van der Waals surface area contributed by atoms with E-state index < -0.39 is 11.5 Å². The van der Waals surface area contributed by atoms with Gasteiger partial charge in [0, 0.05) is 6.61 Å². The number of carbonyl (C=O) groups is 2. The molecule has 1 aromatic carbocycles. The summed E-state index contributed by atoms with van der Waals surface area (Å²) in [5, 5.41) is 11.9. The second kappa shape index (κ2) is 6.08. The van der Waals surface area contributed by atoms with Gasteiger partial charge in [-0.15, -0.1) is 0 Å². The first-order valence-electron chi connectivity index (χ1n) is 7.78. The molecule has 3 rings (SSSR count). The molecule has 0 radical (unpaired) electrons. The SMILES string of the molecule is O=C(O)CC1(NC(=O)Cc2ccc3c(c2)CCC3)CCOC1. The van der Waals surface area contributed by atoms with Gasteiger partial charge in [0.1, 0.15) is 0 Å².